The van der Waals surface area contributed by atoms with Gasteiger partial charge in [-0.05, 0) is 38.1 Å². The van der Waals surface area contributed by atoms with Crippen molar-refractivity contribution in [3.8, 4) is 11.5 Å². The average molecular weight is 414 g/mol. The zero-order valence-electron chi connectivity index (χ0n) is 18.0. The molecule has 0 amide bonds. The van der Waals surface area contributed by atoms with Gasteiger partial charge in [-0.3, -0.25) is 4.98 Å². The molecule has 1 aliphatic rings. The molecule has 1 heterocycles. The molecule has 0 spiro atoms. The molecule has 2 N–H and O–H groups in total. The van der Waals surface area contributed by atoms with Crippen LogP contribution in [0.5, 0.6) is 11.5 Å². The van der Waals surface area contributed by atoms with E-state index in [1.807, 2.05) is 36.4 Å². The molecular weight excluding hydrogens is 378 g/mol. The molecular formula is C24H35N3O3. The zero-order chi connectivity index (χ0) is 21.0. The Bertz CT molecular complexity index is 723. The van der Waals surface area contributed by atoms with Crippen molar-refractivity contribution in [1.82, 2.24) is 15.2 Å². The van der Waals surface area contributed by atoms with E-state index in [0.717, 1.165) is 23.6 Å². The molecule has 1 fully saturated rings. The smallest absolute Gasteiger partial charge is 0.137 e. The molecule has 30 heavy (non-hydrogen) atoms. The molecule has 6 nitrogen and oxygen atoms in total. The third-order valence-electron chi connectivity index (χ3n) is 5.60. The summed E-state index contributed by atoms with van der Waals surface area (Å²) in [7, 11) is 2.12. The Morgan fingerprint density at radius 1 is 1.13 bits per heavy atom. The number of nitrogens with zero attached hydrogens (tertiary/aromatic N) is 2. The second-order valence-corrected chi connectivity index (χ2v) is 8.02. The fraction of sp³-hybridized carbons (Fsp3) is 0.542. The van der Waals surface area contributed by atoms with Crippen molar-refractivity contribution in [3.05, 3.63) is 54.4 Å². The lowest BCUT2D eigenvalue weighted by molar-refractivity contribution is 0.0558. The predicted molar refractivity (Wildman–Crippen MR) is 119 cm³/mol. The van der Waals surface area contributed by atoms with Gasteiger partial charge in [-0.1, -0.05) is 37.5 Å². The average Bonchev–Trinajstić information content (AvgIpc) is 2.79. The van der Waals surface area contributed by atoms with Gasteiger partial charge in [0.1, 0.15) is 30.8 Å². The van der Waals surface area contributed by atoms with Gasteiger partial charge in [0, 0.05) is 37.4 Å². The van der Waals surface area contributed by atoms with Gasteiger partial charge in [0.05, 0.1) is 6.20 Å². The van der Waals surface area contributed by atoms with E-state index >= 15 is 0 Å². The third kappa shape index (κ3) is 7.59. The number of rotatable bonds is 12. The van der Waals surface area contributed by atoms with Crippen molar-refractivity contribution in [3.63, 3.8) is 0 Å². The maximum atomic E-state index is 10.5. The van der Waals surface area contributed by atoms with Crippen LogP contribution in [0.25, 0.3) is 0 Å². The number of aliphatic hydroxyl groups excluding tert-OH is 1. The molecule has 0 bridgehead atoms. The molecule has 1 atom stereocenters. The highest BCUT2D eigenvalue weighted by molar-refractivity contribution is 5.33. The van der Waals surface area contributed by atoms with Crippen LogP contribution in [-0.2, 0) is 6.54 Å². The lowest BCUT2D eigenvalue weighted by Gasteiger charge is -2.32. The summed E-state index contributed by atoms with van der Waals surface area (Å²) in [5.74, 6) is 1.59. The highest BCUT2D eigenvalue weighted by atomic mass is 16.5. The van der Waals surface area contributed by atoms with Gasteiger partial charge in [-0.15, -0.1) is 0 Å². The molecule has 0 aliphatic heterocycles. The molecule has 2 aromatic rings. The van der Waals surface area contributed by atoms with E-state index in [4.69, 9.17) is 9.47 Å². The second kappa shape index (κ2) is 12.5. The number of aliphatic hydroxyl groups is 1. The third-order valence-corrected chi connectivity index (χ3v) is 5.60. The van der Waals surface area contributed by atoms with Crippen molar-refractivity contribution < 1.29 is 14.6 Å². The summed E-state index contributed by atoms with van der Waals surface area (Å²) in [4.78, 5) is 6.33. The maximum absolute atomic E-state index is 10.5. The van der Waals surface area contributed by atoms with Crippen LogP contribution in [0.2, 0.25) is 0 Å². The van der Waals surface area contributed by atoms with Gasteiger partial charge in [-0.2, -0.15) is 0 Å². The molecule has 6 heteroatoms. The quantitative estimate of drug-likeness (QED) is 0.521. The van der Waals surface area contributed by atoms with Crippen molar-refractivity contribution >= 4 is 0 Å². The molecule has 1 aromatic carbocycles. The Morgan fingerprint density at radius 2 is 1.97 bits per heavy atom. The highest BCUT2D eigenvalue weighted by Crippen LogP contribution is 2.22. The second-order valence-electron chi connectivity index (χ2n) is 8.02. The van der Waals surface area contributed by atoms with Crippen molar-refractivity contribution in [2.24, 2.45) is 0 Å². The number of benzene rings is 1. The summed E-state index contributed by atoms with van der Waals surface area (Å²) >= 11 is 0. The molecule has 1 aliphatic carbocycles. The predicted octanol–water partition coefficient (Wildman–Crippen LogP) is 3.25. The van der Waals surface area contributed by atoms with Crippen LogP contribution in [0.4, 0.5) is 0 Å². The number of aromatic nitrogens is 1. The van der Waals surface area contributed by atoms with Gasteiger partial charge >= 0.3 is 0 Å². The number of ether oxygens (including phenoxy) is 2. The lowest BCUT2D eigenvalue weighted by atomic mass is 9.94. The number of hydrogen-bond donors (Lipinski definition) is 2. The van der Waals surface area contributed by atoms with Crippen molar-refractivity contribution in [1.29, 1.82) is 0 Å². The summed E-state index contributed by atoms with van der Waals surface area (Å²) in [5, 5.41) is 13.8. The summed E-state index contributed by atoms with van der Waals surface area (Å²) < 4.78 is 11.6. The van der Waals surface area contributed by atoms with Crippen LogP contribution in [0, 0.1) is 0 Å². The number of pyridine rings is 1. The topological polar surface area (TPSA) is 66.9 Å². The van der Waals surface area contributed by atoms with Crippen molar-refractivity contribution in [2.45, 2.75) is 50.8 Å². The van der Waals surface area contributed by atoms with E-state index in [1.165, 1.54) is 32.1 Å². The Hall–Kier alpha value is -2.15. The number of likely N-dealkylation sites (N-methyl/N-ethyl adjacent to an activating group) is 1. The van der Waals surface area contributed by atoms with Gasteiger partial charge in [-0.25, -0.2) is 0 Å². The molecule has 1 saturated carbocycles. The maximum Gasteiger partial charge on any atom is 0.137 e. The van der Waals surface area contributed by atoms with Crippen LogP contribution in [-0.4, -0.2) is 60.5 Å². The van der Waals surface area contributed by atoms with E-state index < -0.39 is 6.10 Å². The monoisotopic (exact) mass is 413 g/mol. The lowest BCUT2D eigenvalue weighted by Crippen LogP contribution is -2.40. The van der Waals surface area contributed by atoms with Gasteiger partial charge < -0.3 is 24.8 Å². The van der Waals surface area contributed by atoms with Crippen molar-refractivity contribution in [2.75, 3.05) is 33.4 Å². The minimum Gasteiger partial charge on any atom is -0.491 e. The standard InChI is InChI=1S/C24H35N3O3/c1-27(21-9-3-2-4-10-21)18-22(28)19-30-24-12-6-5-8-20(24)16-26-14-15-29-23-11-7-13-25-17-23/h5-8,11-13,17,21-22,26,28H,2-4,9-10,14-16,18-19H2,1H3/t22-/m0/s1. The Morgan fingerprint density at radius 3 is 2.77 bits per heavy atom. The first-order valence-corrected chi connectivity index (χ1v) is 11.0. The first-order chi connectivity index (χ1) is 14.7. The van der Waals surface area contributed by atoms with Crippen LogP contribution >= 0.6 is 0 Å². The molecule has 3 rings (SSSR count). The normalized spacial score (nSPS) is 15.8. The van der Waals surface area contributed by atoms with Gasteiger partial charge in [0.15, 0.2) is 0 Å². The largest absolute Gasteiger partial charge is 0.491 e. The summed E-state index contributed by atoms with van der Waals surface area (Å²) in [6.07, 6.45) is 9.37. The van der Waals surface area contributed by atoms with E-state index in [1.54, 1.807) is 12.4 Å². The summed E-state index contributed by atoms with van der Waals surface area (Å²) in [6.45, 7) is 2.93. The van der Waals surface area contributed by atoms with Crippen LogP contribution < -0.4 is 14.8 Å². The van der Waals surface area contributed by atoms with Crippen LogP contribution in [0.15, 0.2) is 48.8 Å². The fourth-order valence-corrected chi connectivity index (χ4v) is 3.93. The summed E-state index contributed by atoms with van der Waals surface area (Å²) in [6, 6.07) is 12.3. The minimum absolute atomic E-state index is 0.304. The Balaban J connectivity index is 1.37. The Labute approximate surface area is 180 Å². The molecule has 1 aromatic heterocycles. The van der Waals surface area contributed by atoms with E-state index in [0.29, 0.717) is 32.3 Å². The molecule has 164 valence electrons. The molecule has 0 saturated heterocycles. The van der Waals surface area contributed by atoms with E-state index in [2.05, 4.69) is 22.2 Å². The van der Waals surface area contributed by atoms with Gasteiger partial charge in [0.2, 0.25) is 0 Å². The van der Waals surface area contributed by atoms with E-state index in [9.17, 15) is 5.11 Å². The number of nitrogens with one attached hydrogen (secondary N) is 1. The first-order valence-electron chi connectivity index (χ1n) is 11.0. The highest BCUT2D eigenvalue weighted by Gasteiger charge is 2.20. The van der Waals surface area contributed by atoms with Gasteiger partial charge in [0.25, 0.3) is 0 Å². The molecule has 0 radical (unpaired) electrons. The minimum atomic E-state index is -0.495. The fourth-order valence-electron chi connectivity index (χ4n) is 3.93. The van der Waals surface area contributed by atoms with Crippen LogP contribution in [0.1, 0.15) is 37.7 Å². The first kappa shape index (κ1) is 22.5. The van der Waals surface area contributed by atoms with E-state index in [-0.39, 0.29) is 0 Å². The Kier molecular flexibility index (Phi) is 9.41. The SMILES string of the molecule is CN(C[C@H](O)COc1ccccc1CNCCOc1cccnc1)C1CCCCC1. The number of hydrogen-bond acceptors (Lipinski definition) is 6. The number of para-hydroxylation sites is 1. The zero-order valence-corrected chi connectivity index (χ0v) is 18.0. The molecule has 0 unspecified atom stereocenters. The van der Waals surface area contributed by atoms with Crippen LogP contribution in [0.3, 0.4) is 0 Å². The summed E-state index contributed by atoms with van der Waals surface area (Å²) in [5.41, 5.74) is 1.08.